The second kappa shape index (κ2) is 4.42. The molecular formula is C9H11N5O2S. The molecule has 0 aliphatic rings. The van der Waals surface area contributed by atoms with Crippen LogP contribution in [0.15, 0.2) is 35.7 Å². The first-order valence-electron chi connectivity index (χ1n) is 4.77. The molecule has 0 atom stereocenters. The highest BCUT2D eigenvalue weighted by atomic mass is 32.2. The molecule has 0 saturated carbocycles. The summed E-state index contributed by atoms with van der Waals surface area (Å²) >= 11 is 0. The first-order chi connectivity index (χ1) is 8.13. The predicted molar refractivity (Wildman–Crippen MR) is 63.2 cm³/mol. The molecule has 2 aromatic heterocycles. The van der Waals surface area contributed by atoms with Crippen LogP contribution in [0, 0.1) is 0 Å². The summed E-state index contributed by atoms with van der Waals surface area (Å²) in [6, 6.07) is 1.58. The number of aromatic amines is 1. The van der Waals surface area contributed by atoms with Gasteiger partial charge in [-0.2, -0.15) is 0 Å². The van der Waals surface area contributed by atoms with E-state index in [1.807, 2.05) is 0 Å². The molecule has 3 N–H and O–H groups in total. The number of hydrogen-bond donors (Lipinski definition) is 3. The Morgan fingerprint density at radius 3 is 2.82 bits per heavy atom. The van der Waals surface area contributed by atoms with Gasteiger partial charge in [-0.05, 0) is 6.07 Å². The Morgan fingerprint density at radius 2 is 2.18 bits per heavy atom. The van der Waals surface area contributed by atoms with Gasteiger partial charge in [0.15, 0.2) is 0 Å². The summed E-state index contributed by atoms with van der Waals surface area (Å²) in [5.74, 6) is 0.163. The monoisotopic (exact) mass is 253 g/mol. The Balaban J connectivity index is 2.38. The highest BCUT2D eigenvalue weighted by Gasteiger charge is 2.19. The largest absolute Gasteiger partial charge is 0.387 e. The van der Waals surface area contributed by atoms with E-state index >= 15 is 0 Å². The number of aromatic nitrogens is 3. The second-order valence-electron chi connectivity index (χ2n) is 3.17. The molecule has 0 fully saturated rings. The number of imidazole rings is 1. The molecule has 8 heteroatoms. The minimum Gasteiger partial charge on any atom is -0.387 e. The van der Waals surface area contributed by atoms with Crippen LogP contribution in [0.3, 0.4) is 0 Å². The average Bonchev–Trinajstić information content (AvgIpc) is 2.81. The molecule has 0 saturated heterocycles. The third-order valence-corrected chi connectivity index (χ3v) is 3.44. The molecule has 90 valence electrons. The fourth-order valence-electron chi connectivity index (χ4n) is 1.30. The van der Waals surface area contributed by atoms with E-state index in [1.54, 1.807) is 13.1 Å². The highest BCUT2D eigenvalue weighted by molar-refractivity contribution is 7.92. The summed E-state index contributed by atoms with van der Waals surface area (Å²) in [4.78, 5) is 10.3. The van der Waals surface area contributed by atoms with Crippen LogP contribution < -0.4 is 10.0 Å². The summed E-state index contributed by atoms with van der Waals surface area (Å²) in [6.45, 7) is 0. The van der Waals surface area contributed by atoms with Gasteiger partial charge in [-0.3, -0.25) is 4.98 Å². The Bertz CT molecular complexity index is 594. The van der Waals surface area contributed by atoms with E-state index in [4.69, 9.17) is 0 Å². The number of pyridine rings is 1. The molecule has 2 rings (SSSR count). The molecule has 7 nitrogen and oxygen atoms in total. The third kappa shape index (κ3) is 2.36. The van der Waals surface area contributed by atoms with E-state index < -0.39 is 10.0 Å². The van der Waals surface area contributed by atoms with E-state index in [2.05, 4.69) is 25.0 Å². The van der Waals surface area contributed by atoms with Crippen molar-refractivity contribution in [3.8, 4) is 0 Å². The highest BCUT2D eigenvalue weighted by Crippen LogP contribution is 2.20. The fraction of sp³-hybridized carbons (Fsp3) is 0.111. The molecule has 0 unspecified atom stereocenters. The van der Waals surface area contributed by atoms with Gasteiger partial charge in [0, 0.05) is 31.8 Å². The number of H-pyrrole nitrogens is 1. The Labute approximate surface area is 98.4 Å². The van der Waals surface area contributed by atoms with Crippen LogP contribution in [0.1, 0.15) is 0 Å². The molecule has 0 aliphatic heterocycles. The Morgan fingerprint density at radius 1 is 1.35 bits per heavy atom. The van der Waals surface area contributed by atoms with Gasteiger partial charge in [-0.15, -0.1) is 0 Å². The van der Waals surface area contributed by atoms with E-state index in [0.717, 1.165) is 0 Å². The minimum absolute atomic E-state index is 0.0684. The van der Waals surface area contributed by atoms with Crippen molar-refractivity contribution in [1.82, 2.24) is 15.0 Å². The van der Waals surface area contributed by atoms with E-state index in [0.29, 0.717) is 5.69 Å². The predicted octanol–water partition coefficient (Wildman–Crippen LogP) is 0.647. The third-order valence-electron chi connectivity index (χ3n) is 2.07. The van der Waals surface area contributed by atoms with Gasteiger partial charge in [-0.25, -0.2) is 18.1 Å². The van der Waals surface area contributed by atoms with Gasteiger partial charge >= 0.3 is 0 Å². The zero-order valence-corrected chi connectivity index (χ0v) is 9.82. The van der Waals surface area contributed by atoms with Gasteiger partial charge in [0.05, 0.1) is 5.69 Å². The topological polar surface area (TPSA) is 99.8 Å². The van der Waals surface area contributed by atoms with E-state index in [9.17, 15) is 8.42 Å². The zero-order valence-electron chi connectivity index (χ0n) is 9.01. The molecule has 0 radical (unpaired) electrons. The van der Waals surface area contributed by atoms with E-state index in [-0.39, 0.29) is 10.8 Å². The summed E-state index contributed by atoms with van der Waals surface area (Å²) < 4.78 is 26.4. The number of anilines is 2. The number of sulfonamides is 1. The summed E-state index contributed by atoms with van der Waals surface area (Å²) in [7, 11) is -2.05. The maximum absolute atomic E-state index is 12.0. The summed E-state index contributed by atoms with van der Waals surface area (Å²) in [5, 5.41) is 2.79. The van der Waals surface area contributed by atoms with Gasteiger partial charge in [0.25, 0.3) is 10.0 Å². The van der Waals surface area contributed by atoms with Crippen LogP contribution in [0.2, 0.25) is 0 Å². The number of nitrogens with one attached hydrogen (secondary N) is 3. The lowest BCUT2D eigenvalue weighted by atomic mass is 10.4. The van der Waals surface area contributed by atoms with Crippen molar-refractivity contribution >= 4 is 21.7 Å². The van der Waals surface area contributed by atoms with Crippen molar-refractivity contribution in [2.45, 2.75) is 4.90 Å². The van der Waals surface area contributed by atoms with Crippen molar-refractivity contribution in [1.29, 1.82) is 0 Å². The lowest BCUT2D eigenvalue weighted by molar-refractivity contribution is 0.601. The molecule has 0 spiro atoms. The quantitative estimate of drug-likeness (QED) is 0.742. The van der Waals surface area contributed by atoms with Crippen molar-refractivity contribution in [2.75, 3.05) is 17.1 Å². The second-order valence-corrected chi connectivity index (χ2v) is 4.82. The van der Waals surface area contributed by atoms with Crippen molar-refractivity contribution in [3.05, 3.63) is 30.9 Å². The number of rotatable bonds is 4. The van der Waals surface area contributed by atoms with Gasteiger partial charge in [-0.1, -0.05) is 0 Å². The molecular weight excluding hydrogens is 242 g/mol. The van der Waals surface area contributed by atoms with Crippen LogP contribution in [-0.4, -0.2) is 30.4 Å². The van der Waals surface area contributed by atoms with Gasteiger partial charge in [0.2, 0.25) is 5.95 Å². The molecule has 2 heterocycles. The van der Waals surface area contributed by atoms with Crippen molar-refractivity contribution < 1.29 is 8.42 Å². The van der Waals surface area contributed by atoms with Gasteiger partial charge < -0.3 is 10.3 Å². The Hall–Kier alpha value is -2.09. The lowest BCUT2D eigenvalue weighted by Gasteiger charge is -2.09. The van der Waals surface area contributed by atoms with Crippen LogP contribution in [0.25, 0.3) is 0 Å². The normalized spacial score (nSPS) is 11.1. The standard InChI is InChI=1S/C9H11N5O2S/c1-10-7-2-3-11-6-8(7)17(15,16)14-9-12-4-5-13-9/h2-6H,1H3,(H,10,11)(H2,12,13,14). The summed E-state index contributed by atoms with van der Waals surface area (Å²) in [5.41, 5.74) is 0.471. The van der Waals surface area contributed by atoms with Crippen molar-refractivity contribution in [2.24, 2.45) is 0 Å². The molecule has 0 amide bonds. The molecule has 0 aliphatic carbocycles. The minimum atomic E-state index is -3.69. The average molecular weight is 253 g/mol. The maximum Gasteiger partial charge on any atom is 0.267 e. The zero-order chi connectivity index (χ0) is 12.3. The number of hydrogen-bond acceptors (Lipinski definition) is 5. The van der Waals surface area contributed by atoms with Crippen LogP contribution >= 0.6 is 0 Å². The smallest absolute Gasteiger partial charge is 0.267 e. The number of nitrogens with zero attached hydrogens (tertiary/aromatic N) is 2. The van der Waals surface area contributed by atoms with Crippen LogP contribution in [-0.2, 0) is 10.0 Å². The first-order valence-corrected chi connectivity index (χ1v) is 6.26. The Kier molecular flexibility index (Phi) is 2.96. The lowest BCUT2D eigenvalue weighted by Crippen LogP contribution is -2.15. The van der Waals surface area contributed by atoms with Crippen LogP contribution in [0.5, 0.6) is 0 Å². The van der Waals surface area contributed by atoms with E-state index in [1.165, 1.54) is 24.8 Å². The molecule has 0 aromatic carbocycles. The van der Waals surface area contributed by atoms with Crippen molar-refractivity contribution in [3.63, 3.8) is 0 Å². The SMILES string of the molecule is CNc1ccncc1S(=O)(=O)Nc1ncc[nH]1. The van der Waals surface area contributed by atoms with Gasteiger partial charge in [0.1, 0.15) is 4.90 Å². The summed E-state index contributed by atoms with van der Waals surface area (Å²) in [6.07, 6.45) is 5.77. The maximum atomic E-state index is 12.0. The first kappa shape index (κ1) is 11.4. The van der Waals surface area contributed by atoms with Crippen LogP contribution in [0.4, 0.5) is 11.6 Å². The molecule has 2 aromatic rings. The fourth-order valence-corrected chi connectivity index (χ4v) is 2.44. The molecule has 17 heavy (non-hydrogen) atoms. The molecule has 0 bridgehead atoms.